The van der Waals surface area contributed by atoms with Crippen LogP contribution in [0.3, 0.4) is 0 Å². The van der Waals surface area contributed by atoms with E-state index in [1.165, 1.54) is 6.92 Å². The van der Waals surface area contributed by atoms with Crippen molar-refractivity contribution in [3.8, 4) is 5.75 Å². The molecule has 0 amide bonds. The first-order valence-electron chi connectivity index (χ1n) is 5.93. The van der Waals surface area contributed by atoms with Crippen LogP contribution in [0.25, 0.3) is 10.8 Å². The number of aryl methyl sites for hydroxylation is 1. The Kier molecular flexibility index (Phi) is 4.00. The molecule has 3 nitrogen and oxygen atoms in total. The van der Waals surface area contributed by atoms with Gasteiger partial charge in [-0.1, -0.05) is 6.07 Å². The number of fused-ring (bicyclic) bond motifs is 1. The summed E-state index contributed by atoms with van der Waals surface area (Å²) >= 11 is 0. The lowest BCUT2D eigenvalue weighted by molar-refractivity contribution is -0.137. The lowest BCUT2D eigenvalue weighted by Crippen LogP contribution is -2.28. The third-order valence-corrected chi connectivity index (χ3v) is 3.93. The van der Waals surface area contributed by atoms with E-state index in [-0.39, 0.29) is 16.3 Å². The zero-order valence-electron chi connectivity index (χ0n) is 11.3. The molecular formula is C13H8F6O3S. The molecule has 0 unspecified atom stereocenters. The Morgan fingerprint density at radius 2 is 1.57 bits per heavy atom. The predicted molar refractivity (Wildman–Crippen MR) is 69.3 cm³/mol. The van der Waals surface area contributed by atoms with Crippen LogP contribution in [0.15, 0.2) is 30.3 Å². The number of alkyl halides is 6. The minimum Gasteiger partial charge on any atom is -0.376 e. The van der Waals surface area contributed by atoms with Crippen molar-refractivity contribution in [2.24, 2.45) is 0 Å². The highest BCUT2D eigenvalue weighted by molar-refractivity contribution is 7.88. The molecule has 2 rings (SSSR count). The van der Waals surface area contributed by atoms with Crippen LogP contribution in [0, 0.1) is 6.92 Å². The second kappa shape index (κ2) is 5.29. The van der Waals surface area contributed by atoms with Crippen molar-refractivity contribution < 1.29 is 38.9 Å². The topological polar surface area (TPSA) is 43.4 Å². The fraction of sp³-hybridized carbons (Fsp3) is 0.231. The van der Waals surface area contributed by atoms with E-state index < -0.39 is 33.1 Å². The highest BCUT2D eigenvalue weighted by atomic mass is 32.2. The summed E-state index contributed by atoms with van der Waals surface area (Å²) < 4.78 is 101. The zero-order valence-corrected chi connectivity index (χ0v) is 12.1. The van der Waals surface area contributed by atoms with Gasteiger partial charge in [0.2, 0.25) is 0 Å². The van der Waals surface area contributed by atoms with Crippen molar-refractivity contribution in [2.75, 3.05) is 0 Å². The van der Waals surface area contributed by atoms with Crippen molar-refractivity contribution in [3.05, 3.63) is 41.5 Å². The van der Waals surface area contributed by atoms with E-state index in [4.69, 9.17) is 0 Å². The number of hydrogen-bond acceptors (Lipinski definition) is 3. The molecule has 0 fully saturated rings. The van der Waals surface area contributed by atoms with E-state index in [2.05, 4.69) is 4.18 Å². The molecule has 23 heavy (non-hydrogen) atoms. The molecule has 0 aliphatic rings. The molecule has 0 bridgehead atoms. The van der Waals surface area contributed by atoms with Crippen molar-refractivity contribution in [1.82, 2.24) is 0 Å². The van der Waals surface area contributed by atoms with Crippen molar-refractivity contribution in [3.63, 3.8) is 0 Å². The molecule has 0 aromatic heterocycles. The summed E-state index contributed by atoms with van der Waals surface area (Å²) in [7, 11) is -5.85. The molecule has 0 heterocycles. The number of halogens is 6. The molecule has 10 heteroatoms. The van der Waals surface area contributed by atoms with Crippen LogP contribution in [0.5, 0.6) is 5.75 Å². The summed E-state index contributed by atoms with van der Waals surface area (Å²) in [5, 5.41) is 0.238. The second-order valence-electron chi connectivity index (χ2n) is 4.66. The molecule has 2 aromatic rings. The zero-order chi connectivity index (χ0) is 17.6. The van der Waals surface area contributed by atoms with Crippen LogP contribution in [-0.2, 0) is 16.3 Å². The first kappa shape index (κ1) is 17.4. The summed E-state index contributed by atoms with van der Waals surface area (Å²) in [4.78, 5) is 0. The molecule has 0 radical (unpaired) electrons. The Morgan fingerprint density at radius 1 is 0.957 bits per heavy atom. The van der Waals surface area contributed by atoms with Gasteiger partial charge in [0.1, 0.15) is 5.75 Å². The first-order chi connectivity index (χ1) is 10.3. The molecule has 0 aliphatic carbocycles. The van der Waals surface area contributed by atoms with Crippen molar-refractivity contribution >= 4 is 20.9 Å². The van der Waals surface area contributed by atoms with Crippen LogP contribution in [0.2, 0.25) is 0 Å². The first-order valence-corrected chi connectivity index (χ1v) is 7.34. The van der Waals surface area contributed by atoms with E-state index in [9.17, 15) is 34.8 Å². The van der Waals surface area contributed by atoms with Crippen molar-refractivity contribution in [1.29, 1.82) is 0 Å². The lowest BCUT2D eigenvalue weighted by Gasteiger charge is -2.13. The summed E-state index contributed by atoms with van der Waals surface area (Å²) in [6, 6.07) is 4.44. The average molecular weight is 358 g/mol. The van der Waals surface area contributed by atoms with Gasteiger partial charge in [0, 0.05) is 0 Å². The van der Waals surface area contributed by atoms with Gasteiger partial charge in [-0.05, 0) is 47.5 Å². The summed E-state index contributed by atoms with van der Waals surface area (Å²) in [5.74, 6) is -0.632. The Labute approximate surface area is 126 Å². The molecule has 0 spiro atoms. The van der Waals surface area contributed by atoms with E-state index in [1.54, 1.807) is 0 Å². The Balaban J connectivity index is 2.52. The molecule has 0 atom stereocenters. The quantitative estimate of drug-likeness (QED) is 0.454. The third kappa shape index (κ3) is 3.52. The minimum absolute atomic E-state index is 0.116. The second-order valence-corrected chi connectivity index (χ2v) is 6.19. The summed E-state index contributed by atoms with van der Waals surface area (Å²) in [5.41, 5.74) is -6.39. The molecular weight excluding hydrogens is 350 g/mol. The Hall–Kier alpha value is -1.97. The van der Waals surface area contributed by atoms with Crippen LogP contribution < -0.4 is 4.18 Å². The SMILES string of the molecule is Cc1cc(OS(=O)(=O)C(F)(F)F)cc2ccc(C(F)(F)F)cc12. The maximum absolute atomic E-state index is 12.7. The van der Waals surface area contributed by atoms with Crippen molar-refractivity contribution in [2.45, 2.75) is 18.6 Å². The third-order valence-electron chi connectivity index (χ3n) is 2.95. The van der Waals surface area contributed by atoms with Gasteiger partial charge in [-0.25, -0.2) is 0 Å². The Bertz CT molecular complexity index is 852. The lowest BCUT2D eigenvalue weighted by atomic mass is 10.0. The molecule has 0 saturated carbocycles. The monoisotopic (exact) mass is 358 g/mol. The van der Waals surface area contributed by atoms with E-state index >= 15 is 0 Å². The minimum atomic E-state index is -5.85. The normalized spacial score (nSPS) is 13.3. The predicted octanol–water partition coefficient (Wildman–Crippen LogP) is 4.40. The van der Waals surface area contributed by atoms with Gasteiger partial charge in [0.05, 0.1) is 5.56 Å². The molecule has 0 N–H and O–H groups in total. The van der Waals surface area contributed by atoms with Gasteiger partial charge in [0.15, 0.2) is 0 Å². The largest absolute Gasteiger partial charge is 0.534 e. The van der Waals surface area contributed by atoms with Gasteiger partial charge in [-0.3, -0.25) is 0 Å². The maximum Gasteiger partial charge on any atom is 0.534 e. The van der Waals surface area contributed by atoms with Crippen LogP contribution >= 0.6 is 0 Å². The van der Waals surface area contributed by atoms with Gasteiger partial charge in [-0.2, -0.15) is 34.8 Å². The van der Waals surface area contributed by atoms with Crippen LogP contribution in [-0.4, -0.2) is 13.9 Å². The molecule has 0 saturated heterocycles. The fourth-order valence-corrected chi connectivity index (χ4v) is 2.35. The number of hydrogen-bond donors (Lipinski definition) is 0. The highest BCUT2D eigenvalue weighted by Crippen LogP contribution is 2.35. The van der Waals surface area contributed by atoms with Gasteiger partial charge < -0.3 is 4.18 Å². The number of rotatable bonds is 2. The summed E-state index contributed by atoms with van der Waals surface area (Å²) in [6.45, 7) is 1.33. The smallest absolute Gasteiger partial charge is 0.376 e. The van der Waals surface area contributed by atoms with E-state index in [1.807, 2.05) is 0 Å². The average Bonchev–Trinajstić information content (AvgIpc) is 2.35. The molecule has 126 valence electrons. The van der Waals surface area contributed by atoms with E-state index in [0.29, 0.717) is 0 Å². The van der Waals surface area contributed by atoms with Crippen LogP contribution in [0.1, 0.15) is 11.1 Å². The van der Waals surface area contributed by atoms with E-state index in [0.717, 1.165) is 30.3 Å². The molecule has 2 aromatic carbocycles. The van der Waals surface area contributed by atoms with Gasteiger partial charge in [-0.15, -0.1) is 0 Å². The number of benzene rings is 2. The maximum atomic E-state index is 12.7. The van der Waals surface area contributed by atoms with Gasteiger partial charge >= 0.3 is 21.8 Å². The molecule has 0 aliphatic heterocycles. The highest BCUT2D eigenvalue weighted by Gasteiger charge is 2.48. The van der Waals surface area contributed by atoms with Crippen LogP contribution in [0.4, 0.5) is 26.3 Å². The Morgan fingerprint density at radius 3 is 2.09 bits per heavy atom. The standard InChI is InChI=1S/C13H8F6O3S/c1-7-4-10(22-23(20,21)13(17,18)19)5-8-2-3-9(6-11(7)8)12(14,15)16/h2-6H,1H3. The fourth-order valence-electron chi connectivity index (χ4n) is 1.91. The van der Waals surface area contributed by atoms with Gasteiger partial charge in [0.25, 0.3) is 0 Å². The summed E-state index contributed by atoms with van der Waals surface area (Å²) in [6.07, 6.45) is -4.57.